The third-order valence-corrected chi connectivity index (χ3v) is 7.27. The number of aryl methyl sites for hydroxylation is 1. The summed E-state index contributed by atoms with van der Waals surface area (Å²) >= 11 is 0. The molecule has 0 aliphatic heterocycles. The minimum absolute atomic E-state index is 0.0253. The molecule has 1 aromatic heterocycles. The van der Waals surface area contributed by atoms with Crippen molar-refractivity contribution >= 4 is 22.0 Å². The maximum absolute atomic E-state index is 12.8. The van der Waals surface area contributed by atoms with Crippen LogP contribution in [0.5, 0.6) is 0 Å². The lowest BCUT2D eigenvalue weighted by molar-refractivity contribution is 0.0948. The molecule has 3 rings (SSSR count). The summed E-state index contributed by atoms with van der Waals surface area (Å²) in [4.78, 5) is 32.6. The van der Waals surface area contributed by atoms with E-state index in [0.29, 0.717) is 13.0 Å². The van der Waals surface area contributed by atoms with Gasteiger partial charge in [0.05, 0.1) is 16.8 Å². The van der Waals surface area contributed by atoms with Crippen LogP contribution in [0.25, 0.3) is 0 Å². The summed E-state index contributed by atoms with van der Waals surface area (Å²) in [5.41, 5.74) is 1.83. The second kappa shape index (κ2) is 10.5. The van der Waals surface area contributed by atoms with Gasteiger partial charge in [0, 0.05) is 25.8 Å². The van der Waals surface area contributed by atoms with Crippen LogP contribution < -0.4 is 10.6 Å². The molecule has 9 nitrogen and oxygen atoms in total. The Kier molecular flexibility index (Phi) is 7.79. The van der Waals surface area contributed by atoms with Crippen LogP contribution in [0.4, 0.5) is 4.79 Å². The van der Waals surface area contributed by atoms with Crippen molar-refractivity contribution < 1.29 is 18.0 Å². The van der Waals surface area contributed by atoms with E-state index in [2.05, 4.69) is 20.6 Å². The Morgan fingerprint density at radius 2 is 1.75 bits per heavy atom. The molecule has 2 N–H and O–H groups in total. The average Bonchev–Trinajstić information content (AvgIpc) is 2.80. The third-order valence-electron chi connectivity index (χ3n) is 5.51. The maximum atomic E-state index is 12.8. The molecule has 32 heavy (non-hydrogen) atoms. The van der Waals surface area contributed by atoms with Crippen LogP contribution >= 0.6 is 0 Å². The second-order valence-corrected chi connectivity index (χ2v) is 9.92. The molecule has 1 aliphatic carbocycles. The van der Waals surface area contributed by atoms with Crippen LogP contribution in [0.3, 0.4) is 0 Å². The Morgan fingerprint density at radius 1 is 1.06 bits per heavy atom. The first-order chi connectivity index (χ1) is 15.3. The third kappa shape index (κ3) is 6.03. The zero-order chi connectivity index (χ0) is 23.1. The topological polar surface area (TPSA) is 121 Å². The SMILES string of the molecule is Cc1cnc(C(=O)NCCc2ccc(S(=O)(=O)N(C)C(=O)NC3CCCCC3)cc2)cn1. The molecule has 172 valence electrons. The van der Waals surface area contributed by atoms with Crippen LogP contribution in [-0.4, -0.2) is 54.3 Å². The van der Waals surface area contributed by atoms with Crippen LogP contribution in [0, 0.1) is 6.92 Å². The molecule has 0 unspecified atom stereocenters. The number of amides is 3. The zero-order valence-electron chi connectivity index (χ0n) is 18.4. The smallest absolute Gasteiger partial charge is 0.331 e. The van der Waals surface area contributed by atoms with E-state index in [4.69, 9.17) is 0 Å². The first-order valence-electron chi connectivity index (χ1n) is 10.7. The summed E-state index contributed by atoms with van der Waals surface area (Å²) in [6.45, 7) is 2.16. The number of hydrogen-bond donors (Lipinski definition) is 2. The highest BCUT2D eigenvalue weighted by Gasteiger charge is 2.27. The number of carbonyl (C=O) groups is 2. The minimum atomic E-state index is -3.94. The number of urea groups is 1. The monoisotopic (exact) mass is 459 g/mol. The summed E-state index contributed by atoms with van der Waals surface area (Å²) in [7, 11) is -2.67. The molecule has 0 bridgehead atoms. The molecule has 2 aromatic rings. The highest BCUT2D eigenvalue weighted by atomic mass is 32.2. The van der Waals surface area contributed by atoms with Gasteiger partial charge in [0.25, 0.3) is 15.9 Å². The Bertz CT molecular complexity index is 1030. The number of hydrogen-bond acceptors (Lipinski definition) is 6. The van der Waals surface area contributed by atoms with Gasteiger partial charge in [0.1, 0.15) is 5.69 Å². The van der Waals surface area contributed by atoms with Crippen molar-refractivity contribution in [3.8, 4) is 0 Å². The fourth-order valence-corrected chi connectivity index (χ4v) is 4.60. The molecule has 1 saturated carbocycles. The van der Waals surface area contributed by atoms with Crippen molar-refractivity contribution in [2.24, 2.45) is 0 Å². The molecular formula is C22H29N5O4S. The van der Waals surface area contributed by atoms with Crippen LogP contribution in [0.2, 0.25) is 0 Å². The van der Waals surface area contributed by atoms with Crippen LogP contribution in [-0.2, 0) is 16.4 Å². The second-order valence-electron chi connectivity index (χ2n) is 7.95. The van der Waals surface area contributed by atoms with Gasteiger partial charge >= 0.3 is 6.03 Å². The van der Waals surface area contributed by atoms with Crippen molar-refractivity contribution in [2.75, 3.05) is 13.6 Å². The first-order valence-corrected chi connectivity index (χ1v) is 12.2. The predicted octanol–water partition coefficient (Wildman–Crippen LogP) is 2.42. The molecule has 1 aromatic carbocycles. The molecule has 0 saturated heterocycles. The van der Waals surface area contributed by atoms with Gasteiger partial charge in [-0.15, -0.1) is 0 Å². The highest BCUT2D eigenvalue weighted by molar-refractivity contribution is 7.89. The number of carbonyl (C=O) groups excluding carboxylic acids is 2. The number of benzene rings is 1. The zero-order valence-corrected chi connectivity index (χ0v) is 19.2. The first kappa shape index (κ1) is 23.6. The van der Waals surface area contributed by atoms with Gasteiger partial charge < -0.3 is 10.6 Å². The van der Waals surface area contributed by atoms with Gasteiger partial charge in [-0.2, -0.15) is 0 Å². The fourth-order valence-electron chi connectivity index (χ4n) is 3.53. The normalized spacial score (nSPS) is 14.6. The van der Waals surface area contributed by atoms with Gasteiger partial charge in [-0.3, -0.25) is 9.78 Å². The van der Waals surface area contributed by atoms with Crippen LogP contribution in [0.15, 0.2) is 41.6 Å². The maximum Gasteiger partial charge on any atom is 0.331 e. The number of rotatable bonds is 7. The standard InChI is InChI=1S/C22H29N5O4S/c1-16-14-25-20(15-24-16)21(28)23-13-12-17-8-10-19(11-9-17)32(30,31)27(2)22(29)26-18-6-4-3-5-7-18/h8-11,14-15,18H,3-7,12-13H2,1-2H3,(H,23,28)(H,26,29). The molecule has 1 aliphatic rings. The van der Waals surface area contributed by atoms with E-state index in [0.717, 1.165) is 47.7 Å². The largest absolute Gasteiger partial charge is 0.350 e. The quantitative estimate of drug-likeness (QED) is 0.656. The van der Waals surface area contributed by atoms with Gasteiger partial charge in [0.15, 0.2) is 0 Å². The van der Waals surface area contributed by atoms with Crippen molar-refractivity contribution in [1.29, 1.82) is 0 Å². The molecule has 1 fully saturated rings. The Hall–Kier alpha value is -3.01. The summed E-state index contributed by atoms with van der Waals surface area (Å²) in [6, 6.07) is 5.72. The highest BCUT2D eigenvalue weighted by Crippen LogP contribution is 2.19. The van der Waals surface area contributed by atoms with Crippen molar-refractivity contribution in [3.05, 3.63) is 53.6 Å². The Labute approximate surface area is 188 Å². The van der Waals surface area contributed by atoms with Gasteiger partial charge in [-0.05, 0) is 43.9 Å². The van der Waals surface area contributed by atoms with Gasteiger partial charge in [-0.1, -0.05) is 31.4 Å². The average molecular weight is 460 g/mol. The Morgan fingerprint density at radius 3 is 2.38 bits per heavy atom. The van der Waals surface area contributed by atoms with E-state index >= 15 is 0 Å². The summed E-state index contributed by atoms with van der Waals surface area (Å²) in [6.07, 6.45) is 8.46. The Balaban J connectivity index is 1.53. The lowest BCUT2D eigenvalue weighted by Crippen LogP contribution is -2.46. The van der Waals surface area contributed by atoms with Gasteiger partial charge in [0.2, 0.25) is 0 Å². The van der Waals surface area contributed by atoms with Crippen molar-refractivity contribution in [2.45, 2.75) is 56.4 Å². The van der Waals surface area contributed by atoms with Gasteiger partial charge in [-0.25, -0.2) is 22.5 Å². The summed E-state index contributed by atoms with van der Waals surface area (Å²) < 4.78 is 26.4. The van der Waals surface area contributed by atoms with E-state index in [9.17, 15) is 18.0 Å². The molecule has 1 heterocycles. The molecule has 0 atom stereocenters. The molecule has 10 heteroatoms. The number of nitrogens with one attached hydrogen (secondary N) is 2. The molecule has 0 radical (unpaired) electrons. The number of aromatic nitrogens is 2. The molecule has 3 amide bonds. The predicted molar refractivity (Wildman–Crippen MR) is 120 cm³/mol. The lowest BCUT2D eigenvalue weighted by Gasteiger charge is -2.26. The summed E-state index contributed by atoms with van der Waals surface area (Å²) in [5.74, 6) is -0.317. The summed E-state index contributed by atoms with van der Waals surface area (Å²) in [5, 5.41) is 5.58. The van der Waals surface area contributed by atoms with Crippen molar-refractivity contribution in [1.82, 2.24) is 24.9 Å². The minimum Gasteiger partial charge on any atom is -0.350 e. The molecule has 0 spiro atoms. The number of nitrogens with zero attached hydrogens (tertiary/aromatic N) is 3. The lowest BCUT2D eigenvalue weighted by atomic mass is 9.96. The fraction of sp³-hybridized carbons (Fsp3) is 0.455. The van der Waals surface area contributed by atoms with E-state index in [1.165, 1.54) is 31.6 Å². The van der Waals surface area contributed by atoms with E-state index < -0.39 is 16.1 Å². The van der Waals surface area contributed by atoms with Crippen LogP contribution in [0.1, 0.15) is 53.8 Å². The van der Waals surface area contributed by atoms with E-state index in [-0.39, 0.29) is 22.5 Å². The van der Waals surface area contributed by atoms with E-state index in [1.54, 1.807) is 19.1 Å². The van der Waals surface area contributed by atoms with Crippen molar-refractivity contribution in [3.63, 3.8) is 0 Å². The molecular weight excluding hydrogens is 430 g/mol. The number of sulfonamides is 1. The van der Waals surface area contributed by atoms with E-state index in [1.807, 2.05) is 0 Å².